The maximum Gasteiger partial charge on any atom is 0.226 e. The molecule has 4 heterocycles. The van der Waals surface area contributed by atoms with Crippen LogP contribution in [0.5, 0.6) is 0 Å². The summed E-state index contributed by atoms with van der Waals surface area (Å²) in [5.41, 5.74) is 4.69. The predicted octanol–water partition coefficient (Wildman–Crippen LogP) is 4.75. The molecule has 4 aromatic rings. The molecule has 0 atom stereocenters. The van der Waals surface area contributed by atoms with Crippen LogP contribution in [-0.2, 0) is 11.3 Å². The van der Waals surface area contributed by atoms with Gasteiger partial charge in [-0.25, -0.2) is 9.67 Å². The molecule has 9 heteroatoms. The van der Waals surface area contributed by atoms with E-state index in [1.54, 1.807) is 6.33 Å². The van der Waals surface area contributed by atoms with Crippen LogP contribution in [0.15, 0.2) is 42.9 Å². The fourth-order valence-corrected chi connectivity index (χ4v) is 4.30. The van der Waals surface area contributed by atoms with Crippen LogP contribution in [0, 0.1) is 0 Å². The molecular weight excluding hydrogens is 426 g/mol. The Bertz CT molecular complexity index is 1230. The number of aromatic nitrogens is 6. The van der Waals surface area contributed by atoms with Gasteiger partial charge in [-0.05, 0) is 56.0 Å². The first-order chi connectivity index (χ1) is 15.6. The van der Waals surface area contributed by atoms with Crippen LogP contribution in [0.2, 0.25) is 5.28 Å². The average Bonchev–Trinajstić information content (AvgIpc) is 3.46. The van der Waals surface area contributed by atoms with E-state index in [9.17, 15) is 0 Å². The van der Waals surface area contributed by atoms with E-state index in [1.807, 2.05) is 27.6 Å². The zero-order valence-electron chi connectivity index (χ0n) is 18.2. The van der Waals surface area contributed by atoms with Crippen LogP contribution in [-0.4, -0.2) is 42.5 Å². The summed E-state index contributed by atoms with van der Waals surface area (Å²) in [5.74, 6) is 1.08. The van der Waals surface area contributed by atoms with Crippen molar-refractivity contribution in [2.75, 3.05) is 18.5 Å². The van der Waals surface area contributed by atoms with Crippen molar-refractivity contribution in [2.45, 2.75) is 45.2 Å². The third-order valence-electron chi connectivity index (χ3n) is 5.88. The fourth-order valence-electron chi connectivity index (χ4n) is 4.14. The minimum absolute atomic E-state index is 0.198. The third kappa shape index (κ3) is 4.08. The summed E-state index contributed by atoms with van der Waals surface area (Å²) in [7, 11) is 0. The van der Waals surface area contributed by atoms with Crippen molar-refractivity contribution in [1.82, 2.24) is 29.3 Å². The SMILES string of the molecule is CC(C)n1cnc2c(NCc3ccccc3-n3ccc(C4CCOCC4)n3)nc(Cl)nc21. The summed E-state index contributed by atoms with van der Waals surface area (Å²) < 4.78 is 9.44. The highest BCUT2D eigenvalue weighted by molar-refractivity contribution is 6.28. The maximum absolute atomic E-state index is 6.22. The highest BCUT2D eigenvalue weighted by atomic mass is 35.5. The molecule has 0 radical (unpaired) electrons. The molecule has 0 spiro atoms. The predicted molar refractivity (Wildman–Crippen MR) is 124 cm³/mol. The van der Waals surface area contributed by atoms with Crippen molar-refractivity contribution in [3.63, 3.8) is 0 Å². The lowest BCUT2D eigenvalue weighted by molar-refractivity contribution is 0.0844. The van der Waals surface area contributed by atoms with Gasteiger partial charge in [0.25, 0.3) is 0 Å². The normalized spacial score (nSPS) is 15.0. The van der Waals surface area contributed by atoms with Gasteiger partial charge in [0.15, 0.2) is 17.0 Å². The Morgan fingerprint density at radius 2 is 1.97 bits per heavy atom. The fraction of sp³-hybridized carbons (Fsp3) is 0.391. The Balaban J connectivity index is 1.41. The molecule has 1 fully saturated rings. The molecule has 1 aliphatic rings. The van der Waals surface area contributed by atoms with Crippen LogP contribution < -0.4 is 5.32 Å². The van der Waals surface area contributed by atoms with Gasteiger partial charge in [0.05, 0.1) is 17.7 Å². The average molecular weight is 452 g/mol. The van der Waals surface area contributed by atoms with Crippen molar-refractivity contribution >= 4 is 28.6 Å². The number of rotatable bonds is 6. The molecule has 1 saturated heterocycles. The Morgan fingerprint density at radius 3 is 2.78 bits per heavy atom. The smallest absolute Gasteiger partial charge is 0.226 e. The molecule has 1 aromatic carbocycles. The summed E-state index contributed by atoms with van der Waals surface area (Å²) in [6.45, 7) is 6.33. The van der Waals surface area contributed by atoms with E-state index in [1.165, 1.54) is 0 Å². The maximum atomic E-state index is 6.22. The number of anilines is 1. The number of ether oxygens (including phenoxy) is 1. The molecule has 1 N–H and O–H groups in total. The molecule has 8 nitrogen and oxygen atoms in total. The lowest BCUT2D eigenvalue weighted by atomic mass is 9.97. The second kappa shape index (κ2) is 8.88. The Labute approximate surface area is 191 Å². The largest absolute Gasteiger partial charge is 0.381 e. The van der Waals surface area contributed by atoms with Crippen LogP contribution >= 0.6 is 11.6 Å². The summed E-state index contributed by atoms with van der Waals surface area (Å²) in [6.07, 6.45) is 5.86. The quantitative estimate of drug-likeness (QED) is 0.426. The Morgan fingerprint density at radius 1 is 1.16 bits per heavy atom. The molecule has 0 unspecified atom stereocenters. The number of hydrogen-bond acceptors (Lipinski definition) is 6. The molecule has 166 valence electrons. The Hall–Kier alpha value is -2.97. The second-order valence-corrected chi connectivity index (χ2v) is 8.65. The van der Waals surface area contributed by atoms with E-state index in [-0.39, 0.29) is 11.3 Å². The van der Waals surface area contributed by atoms with E-state index >= 15 is 0 Å². The van der Waals surface area contributed by atoms with Gasteiger partial charge in [0.1, 0.15) is 0 Å². The van der Waals surface area contributed by atoms with E-state index in [4.69, 9.17) is 21.4 Å². The monoisotopic (exact) mass is 451 g/mol. The number of nitrogens with zero attached hydrogens (tertiary/aromatic N) is 6. The molecule has 32 heavy (non-hydrogen) atoms. The van der Waals surface area contributed by atoms with Gasteiger partial charge in [-0.1, -0.05) is 18.2 Å². The molecule has 0 bridgehead atoms. The van der Waals surface area contributed by atoms with E-state index in [2.05, 4.69) is 52.3 Å². The lowest BCUT2D eigenvalue weighted by Crippen LogP contribution is -2.15. The molecule has 3 aromatic heterocycles. The molecule has 0 aliphatic carbocycles. The summed E-state index contributed by atoms with van der Waals surface area (Å²) in [6, 6.07) is 10.6. The van der Waals surface area contributed by atoms with Crippen LogP contribution in [0.3, 0.4) is 0 Å². The minimum atomic E-state index is 0.198. The number of nitrogens with one attached hydrogen (secondary N) is 1. The van der Waals surface area contributed by atoms with E-state index < -0.39 is 0 Å². The third-order valence-corrected chi connectivity index (χ3v) is 6.05. The molecule has 0 saturated carbocycles. The van der Waals surface area contributed by atoms with Gasteiger partial charge >= 0.3 is 0 Å². The van der Waals surface area contributed by atoms with Crippen molar-refractivity contribution in [3.05, 3.63) is 59.4 Å². The summed E-state index contributed by atoms with van der Waals surface area (Å²) in [5, 5.41) is 8.48. The first-order valence-corrected chi connectivity index (χ1v) is 11.3. The van der Waals surface area contributed by atoms with E-state index in [0.29, 0.717) is 23.8 Å². The molecule has 0 amide bonds. The second-order valence-electron chi connectivity index (χ2n) is 8.31. The molecular formula is C23H26ClN7O. The number of imidazole rings is 1. The van der Waals surface area contributed by atoms with Crippen LogP contribution in [0.25, 0.3) is 16.9 Å². The molecule has 1 aliphatic heterocycles. The van der Waals surface area contributed by atoms with Crippen LogP contribution in [0.1, 0.15) is 49.9 Å². The zero-order chi connectivity index (χ0) is 22.1. The minimum Gasteiger partial charge on any atom is -0.381 e. The number of halogens is 1. The van der Waals surface area contributed by atoms with Crippen LogP contribution in [0.4, 0.5) is 5.82 Å². The Kier molecular flexibility index (Phi) is 5.80. The number of fused-ring (bicyclic) bond motifs is 1. The number of para-hydroxylation sites is 1. The van der Waals surface area contributed by atoms with Crippen molar-refractivity contribution in [1.29, 1.82) is 0 Å². The first kappa shape index (κ1) is 20.9. The summed E-state index contributed by atoms with van der Waals surface area (Å²) in [4.78, 5) is 13.3. The van der Waals surface area contributed by atoms with Crippen molar-refractivity contribution in [2.24, 2.45) is 0 Å². The summed E-state index contributed by atoms with van der Waals surface area (Å²) >= 11 is 6.22. The van der Waals surface area contributed by atoms with Gasteiger partial charge in [0, 0.05) is 37.9 Å². The first-order valence-electron chi connectivity index (χ1n) is 11.0. The van der Waals surface area contributed by atoms with E-state index in [0.717, 1.165) is 48.6 Å². The topological polar surface area (TPSA) is 82.7 Å². The van der Waals surface area contributed by atoms with Gasteiger partial charge in [-0.3, -0.25) is 0 Å². The zero-order valence-corrected chi connectivity index (χ0v) is 19.0. The number of benzene rings is 1. The standard InChI is InChI=1S/C23H26ClN7O/c1-15(2)30-14-26-20-21(27-23(24)28-22(20)30)25-13-17-5-3-4-6-19(17)31-10-7-18(29-31)16-8-11-32-12-9-16/h3-7,10,14-16H,8-9,11-13H2,1-2H3,(H,25,27,28). The lowest BCUT2D eigenvalue weighted by Gasteiger charge is -2.20. The van der Waals surface area contributed by atoms with Gasteiger partial charge in [-0.15, -0.1) is 0 Å². The molecule has 5 rings (SSSR count). The van der Waals surface area contributed by atoms with Gasteiger partial charge < -0.3 is 14.6 Å². The highest BCUT2D eigenvalue weighted by Gasteiger charge is 2.19. The van der Waals surface area contributed by atoms with Gasteiger partial charge in [-0.2, -0.15) is 15.1 Å². The highest BCUT2D eigenvalue weighted by Crippen LogP contribution is 2.27. The number of hydrogen-bond donors (Lipinski definition) is 1. The van der Waals surface area contributed by atoms with Crippen molar-refractivity contribution in [3.8, 4) is 5.69 Å². The van der Waals surface area contributed by atoms with Crippen molar-refractivity contribution < 1.29 is 4.74 Å². The van der Waals surface area contributed by atoms with Gasteiger partial charge in [0.2, 0.25) is 5.28 Å².